The summed E-state index contributed by atoms with van der Waals surface area (Å²) in [5.74, 6) is -0.123. The standard InChI is InChI=1S/C11H13BrN2O/c1-7(2)6-11(15)14-9-4-5-10(12)13-8(9)3/h4-6H,1-3H3,(H,14,15). The quantitative estimate of drug-likeness (QED) is 0.662. The van der Waals surface area contributed by atoms with Crippen molar-refractivity contribution in [1.82, 2.24) is 4.98 Å². The van der Waals surface area contributed by atoms with Gasteiger partial charge in [0.1, 0.15) is 4.60 Å². The predicted molar refractivity (Wildman–Crippen MR) is 64.7 cm³/mol. The Hall–Kier alpha value is -1.16. The van der Waals surface area contributed by atoms with Crippen LogP contribution in [0.5, 0.6) is 0 Å². The molecule has 15 heavy (non-hydrogen) atoms. The Labute approximate surface area is 97.7 Å². The van der Waals surface area contributed by atoms with Gasteiger partial charge in [-0.25, -0.2) is 4.98 Å². The molecule has 1 rings (SSSR count). The van der Waals surface area contributed by atoms with E-state index in [4.69, 9.17) is 0 Å². The van der Waals surface area contributed by atoms with E-state index < -0.39 is 0 Å². The smallest absolute Gasteiger partial charge is 0.248 e. The minimum absolute atomic E-state index is 0.123. The molecule has 1 aromatic rings. The molecule has 0 aliphatic rings. The number of allylic oxidation sites excluding steroid dienone is 1. The molecular weight excluding hydrogens is 256 g/mol. The molecule has 0 fully saturated rings. The molecule has 1 heterocycles. The number of hydrogen-bond acceptors (Lipinski definition) is 2. The number of nitrogens with one attached hydrogen (secondary N) is 1. The van der Waals surface area contributed by atoms with E-state index >= 15 is 0 Å². The summed E-state index contributed by atoms with van der Waals surface area (Å²) in [6.07, 6.45) is 1.56. The van der Waals surface area contributed by atoms with Crippen molar-refractivity contribution < 1.29 is 4.79 Å². The molecule has 0 saturated heterocycles. The summed E-state index contributed by atoms with van der Waals surface area (Å²) in [5.41, 5.74) is 2.50. The molecular formula is C11H13BrN2O. The van der Waals surface area contributed by atoms with Gasteiger partial charge in [0.2, 0.25) is 5.91 Å². The molecule has 4 heteroatoms. The normalized spacial score (nSPS) is 9.60. The van der Waals surface area contributed by atoms with Gasteiger partial charge in [0.25, 0.3) is 0 Å². The largest absolute Gasteiger partial charge is 0.321 e. The summed E-state index contributed by atoms with van der Waals surface area (Å²) < 4.78 is 0.764. The Balaban J connectivity index is 2.82. The van der Waals surface area contributed by atoms with Gasteiger partial charge >= 0.3 is 0 Å². The maximum Gasteiger partial charge on any atom is 0.248 e. The summed E-state index contributed by atoms with van der Waals surface area (Å²) in [7, 11) is 0. The van der Waals surface area contributed by atoms with Crippen LogP contribution in [0.25, 0.3) is 0 Å². The minimum Gasteiger partial charge on any atom is -0.321 e. The fourth-order valence-corrected chi connectivity index (χ4v) is 1.49. The topological polar surface area (TPSA) is 42.0 Å². The Morgan fingerprint density at radius 1 is 1.47 bits per heavy atom. The number of aryl methyl sites for hydroxylation is 1. The van der Waals surface area contributed by atoms with Gasteiger partial charge < -0.3 is 5.32 Å². The van der Waals surface area contributed by atoms with Crippen molar-refractivity contribution in [2.75, 3.05) is 5.32 Å². The number of halogens is 1. The van der Waals surface area contributed by atoms with E-state index in [9.17, 15) is 4.79 Å². The van der Waals surface area contributed by atoms with Gasteiger partial charge in [0.05, 0.1) is 11.4 Å². The van der Waals surface area contributed by atoms with Crippen molar-refractivity contribution in [3.63, 3.8) is 0 Å². The Kier molecular flexibility index (Phi) is 4.03. The van der Waals surface area contributed by atoms with Gasteiger partial charge in [0, 0.05) is 6.08 Å². The molecule has 1 N–H and O–H groups in total. The second-order valence-corrected chi connectivity index (χ2v) is 4.29. The maximum absolute atomic E-state index is 11.4. The first-order valence-corrected chi connectivity index (χ1v) is 5.37. The van der Waals surface area contributed by atoms with Crippen molar-refractivity contribution in [3.8, 4) is 0 Å². The summed E-state index contributed by atoms with van der Waals surface area (Å²) in [5, 5.41) is 2.77. The molecule has 0 aliphatic carbocycles. The second kappa shape index (κ2) is 5.07. The first-order chi connectivity index (χ1) is 6.99. The number of rotatable bonds is 2. The highest BCUT2D eigenvalue weighted by Gasteiger charge is 2.03. The summed E-state index contributed by atoms with van der Waals surface area (Å²) in [6.45, 7) is 5.61. The highest BCUT2D eigenvalue weighted by Crippen LogP contribution is 2.16. The SMILES string of the molecule is CC(C)=CC(=O)Nc1ccc(Br)nc1C. The fourth-order valence-electron chi connectivity index (χ4n) is 1.09. The minimum atomic E-state index is -0.123. The lowest BCUT2D eigenvalue weighted by Gasteiger charge is -2.05. The van der Waals surface area contributed by atoms with Crippen LogP contribution in [-0.4, -0.2) is 10.9 Å². The van der Waals surface area contributed by atoms with Crippen LogP contribution in [-0.2, 0) is 4.79 Å². The number of carbonyl (C=O) groups excluding carboxylic acids is 1. The van der Waals surface area contributed by atoms with E-state index in [0.29, 0.717) is 0 Å². The van der Waals surface area contributed by atoms with Crippen molar-refractivity contribution in [2.24, 2.45) is 0 Å². The van der Waals surface area contributed by atoms with E-state index in [1.165, 1.54) is 0 Å². The summed E-state index contributed by atoms with van der Waals surface area (Å²) >= 11 is 3.27. The first kappa shape index (κ1) is 11.9. The summed E-state index contributed by atoms with van der Waals surface area (Å²) in [6, 6.07) is 3.62. The molecule has 1 amide bonds. The molecule has 0 saturated carbocycles. The van der Waals surface area contributed by atoms with E-state index in [2.05, 4.69) is 26.2 Å². The van der Waals surface area contributed by atoms with Crippen molar-refractivity contribution in [2.45, 2.75) is 20.8 Å². The van der Waals surface area contributed by atoms with Gasteiger partial charge in [0.15, 0.2) is 0 Å². The van der Waals surface area contributed by atoms with Gasteiger partial charge in [-0.15, -0.1) is 0 Å². The Bertz CT molecular complexity index is 409. The van der Waals surface area contributed by atoms with Crippen LogP contribution in [0.4, 0.5) is 5.69 Å². The van der Waals surface area contributed by atoms with Crippen LogP contribution in [0.1, 0.15) is 19.5 Å². The fraction of sp³-hybridized carbons (Fsp3) is 0.273. The van der Waals surface area contributed by atoms with Crippen molar-refractivity contribution in [3.05, 3.63) is 34.1 Å². The maximum atomic E-state index is 11.4. The third-order valence-corrected chi connectivity index (χ3v) is 2.17. The van der Waals surface area contributed by atoms with E-state index in [1.54, 1.807) is 12.1 Å². The number of hydrogen-bond donors (Lipinski definition) is 1. The number of pyridine rings is 1. The lowest BCUT2D eigenvalue weighted by atomic mass is 10.3. The molecule has 3 nitrogen and oxygen atoms in total. The number of anilines is 1. The third-order valence-electron chi connectivity index (χ3n) is 1.73. The zero-order chi connectivity index (χ0) is 11.4. The van der Waals surface area contributed by atoms with Crippen molar-refractivity contribution in [1.29, 1.82) is 0 Å². The highest BCUT2D eigenvalue weighted by molar-refractivity contribution is 9.10. The lowest BCUT2D eigenvalue weighted by Crippen LogP contribution is -2.10. The van der Waals surface area contributed by atoms with E-state index in [-0.39, 0.29) is 5.91 Å². The van der Waals surface area contributed by atoms with Crippen LogP contribution >= 0.6 is 15.9 Å². The monoisotopic (exact) mass is 268 g/mol. The van der Waals surface area contributed by atoms with Crippen LogP contribution in [0.15, 0.2) is 28.4 Å². The van der Waals surface area contributed by atoms with Crippen LogP contribution < -0.4 is 5.32 Å². The highest BCUT2D eigenvalue weighted by atomic mass is 79.9. The van der Waals surface area contributed by atoms with Gasteiger partial charge in [-0.2, -0.15) is 0 Å². The zero-order valence-corrected chi connectivity index (χ0v) is 10.6. The molecule has 0 bridgehead atoms. The van der Waals surface area contributed by atoms with Crippen LogP contribution in [0.2, 0.25) is 0 Å². The van der Waals surface area contributed by atoms with Crippen molar-refractivity contribution >= 4 is 27.5 Å². The molecule has 80 valence electrons. The van der Waals surface area contributed by atoms with Gasteiger partial charge in [-0.3, -0.25) is 4.79 Å². The molecule has 1 aromatic heterocycles. The second-order valence-electron chi connectivity index (χ2n) is 3.48. The molecule has 0 aromatic carbocycles. The molecule has 0 aliphatic heterocycles. The Morgan fingerprint density at radius 2 is 2.13 bits per heavy atom. The van der Waals surface area contributed by atoms with E-state index in [0.717, 1.165) is 21.6 Å². The number of aromatic nitrogens is 1. The summed E-state index contributed by atoms with van der Waals surface area (Å²) in [4.78, 5) is 15.6. The predicted octanol–water partition coefficient (Wildman–Crippen LogP) is 3.06. The zero-order valence-electron chi connectivity index (χ0n) is 8.97. The first-order valence-electron chi connectivity index (χ1n) is 4.58. The lowest BCUT2D eigenvalue weighted by molar-refractivity contribution is -0.111. The number of carbonyl (C=O) groups is 1. The van der Waals surface area contributed by atoms with E-state index in [1.807, 2.05) is 26.8 Å². The van der Waals surface area contributed by atoms with Gasteiger partial charge in [-0.1, -0.05) is 5.57 Å². The average molecular weight is 269 g/mol. The van der Waals surface area contributed by atoms with Crippen LogP contribution in [0.3, 0.4) is 0 Å². The molecule has 0 spiro atoms. The molecule has 0 unspecified atom stereocenters. The van der Waals surface area contributed by atoms with Crippen LogP contribution in [0, 0.1) is 6.92 Å². The number of amides is 1. The third kappa shape index (κ3) is 3.83. The molecule has 0 radical (unpaired) electrons. The Morgan fingerprint density at radius 3 is 2.67 bits per heavy atom. The average Bonchev–Trinajstić information content (AvgIpc) is 2.08. The molecule has 0 atom stereocenters. The number of nitrogens with zero attached hydrogens (tertiary/aromatic N) is 1. The van der Waals surface area contributed by atoms with Gasteiger partial charge in [-0.05, 0) is 48.8 Å².